The molecule has 0 radical (unpaired) electrons. The van der Waals surface area contributed by atoms with E-state index in [1.165, 1.54) is 11.3 Å². The number of urea groups is 1. The van der Waals surface area contributed by atoms with Gasteiger partial charge in [-0.25, -0.2) is 9.78 Å². The number of thiazole rings is 1. The molecule has 0 spiro atoms. The number of carbonyl (C=O) groups excluding carboxylic acids is 1. The zero-order valence-corrected chi connectivity index (χ0v) is 13.6. The Morgan fingerprint density at radius 2 is 2.30 bits per heavy atom. The van der Waals surface area contributed by atoms with Gasteiger partial charge in [-0.2, -0.15) is 0 Å². The normalized spacial score (nSPS) is 24.8. The number of carbonyl (C=O) groups is 1. The van der Waals surface area contributed by atoms with Gasteiger partial charge in [-0.3, -0.25) is 5.32 Å². The molecule has 1 aliphatic rings. The van der Waals surface area contributed by atoms with Gasteiger partial charge in [0.05, 0.1) is 23.4 Å². The number of hydrogen-bond acceptors (Lipinski definition) is 4. The lowest BCUT2D eigenvalue weighted by molar-refractivity contribution is -0.00449. The first-order chi connectivity index (χ1) is 9.34. The van der Waals surface area contributed by atoms with Gasteiger partial charge < -0.3 is 10.1 Å². The topological polar surface area (TPSA) is 63.2 Å². The lowest BCUT2D eigenvalue weighted by Gasteiger charge is -2.16. The van der Waals surface area contributed by atoms with Crippen molar-refractivity contribution in [3.05, 3.63) is 10.6 Å². The predicted molar refractivity (Wildman–Crippen MR) is 81.4 cm³/mol. The summed E-state index contributed by atoms with van der Waals surface area (Å²) >= 11 is 1.51. The van der Waals surface area contributed by atoms with Crippen LogP contribution in [0.15, 0.2) is 0 Å². The number of ether oxygens (including phenoxy) is 1. The SMILES string of the molecule is CCc1nc(NC(=O)N[C@@H]2C[C@]2(C)OC(C)C)sc1C. The lowest BCUT2D eigenvalue weighted by Crippen LogP contribution is -2.36. The van der Waals surface area contributed by atoms with Gasteiger partial charge >= 0.3 is 6.03 Å². The summed E-state index contributed by atoms with van der Waals surface area (Å²) in [6, 6.07) is -0.126. The van der Waals surface area contributed by atoms with Crippen molar-refractivity contribution in [2.75, 3.05) is 5.32 Å². The minimum absolute atomic E-state index is 0.0802. The van der Waals surface area contributed by atoms with Crippen LogP contribution >= 0.6 is 11.3 Å². The quantitative estimate of drug-likeness (QED) is 0.878. The average molecular weight is 297 g/mol. The molecule has 0 aliphatic heterocycles. The Bertz CT molecular complexity index is 501. The van der Waals surface area contributed by atoms with Crippen LogP contribution in [0.2, 0.25) is 0 Å². The van der Waals surface area contributed by atoms with Crippen LogP contribution in [0.5, 0.6) is 0 Å². The molecule has 0 aromatic carbocycles. The standard InChI is InChI=1S/C14H23N3O2S/c1-6-10-9(4)20-13(15-10)17-12(18)16-11-7-14(11,5)19-8(2)3/h8,11H,6-7H2,1-5H3,(H2,15,16,17,18)/t11-,14+/m1/s1. The van der Waals surface area contributed by atoms with E-state index in [9.17, 15) is 4.79 Å². The molecule has 112 valence electrons. The first-order valence-electron chi connectivity index (χ1n) is 7.05. The Kier molecular flexibility index (Phi) is 4.34. The molecule has 1 saturated carbocycles. The maximum atomic E-state index is 11.9. The van der Waals surface area contributed by atoms with Gasteiger partial charge in [-0.05, 0) is 34.1 Å². The van der Waals surface area contributed by atoms with E-state index in [4.69, 9.17) is 4.74 Å². The first-order valence-corrected chi connectivity index (χ1v) is 7.87. The molecule has 2 atom stereocenters. The fourth-order valence-corrected chi connectivity index (χ4v) is 3.22. The smallest absolute Gasteiger partial charge is 0.321 e. The van der Waals surface area contributed by atoms with E-state index in [1.54, 1.807) is 0 Å². The number of nitrogens with zero attached hydrogens (tertiary/aromatic N) is 1. The molecule has 0 bridgehead atoms. The summed E-state index contributed by atoms with van der Waals surface area (Å²) in [6.45, 7) is 10.1. The fraction of sp³-hybridized carbons (Fsp3) is 0.714. The van der Waals surface area contributed by atoms with Crippen molar-refractivity contribution < 1.29 is 9.53 Å². The zero-order chi connectivity index (χ0) is 14.9. The molecule has 20 heavy (non-hydrogen) atoms. The summed E-state index contributed by atoms with van der Waals surface area (Å²) in [5, 5.41) is 6.39. The highest BCUT2D eigenvalue weighted by atomic mass is 32.1. The van der Waals surface area contributed by atoms with Crippen molar-refractivity contribution in [2.45, 2.75) is 65.2 Å². The van der Waals surface area contributed by atoms with Gasteiger partial charge in [0.2, 0.25) is 0 Å². The fourth-order valence-electron chi connectivity index (χ4n) is 2.32. The second-order valence-corrected chi connectivity index (χ2v) is 6.91. The number of rotatable bonds is 5. The molecule has 1 fully saturated rings. The number of aromatic nitrogens is 1. The largest absolute Gasteiger partial charge is 0.370 e. The summed E-state index contributed by atoms with van der Waals surface area (Å²) in [5.41, 5.74) is 0.823. The van der Waals surface area contributed by atoms with Crippen LogP contribution in [-0.4, -0.2) is 28.8 Å². The summed E-state index contributed by atoms with van der Waals surface area (Å²) < 4.78 is 5.80. The van der Waals surface area contributed by atoms with Gasteiger partial charge in [-0.1, -0.05) is 6.92 Å². The highest BCUT2D eigenvalue weighted by molar-refractivity contribution is 7.15. The van der Waals surface area contributed by atoms with Crippen molar-refractivity contribution in [2.24, 2.45) is 0 Å². The molecule has 0 unspecified atom stereocenters. The molecule has 2 N–H and O–H groups in total. The molecule has 6 heteroatoms. The minimum Gasteiger partial charge on any atom is -0.370 e. The van der Waals surface area contributed by atoms with E-state index >= 15 is 0 Å². The maximum Gasteiger partial charge on any atom is 0.321 e. The molecular weight excluding hydrogens is 274 g/mol. The monoisotopic (exact) mass is 297 g/mol. The number of aryl methyl sites for hydroxylation is 2. The summed E-state index contributed by atoms with van der Waals surface area (Å²) in [7, 11) is 0. The zero-order valence-electron chi connectivity index (χ0n) is 12.7. The summed E-state index contributed by atoms with van der Waals surface area (Å²) in [6.07, 6.45) is 1.91. The molecule has 1 aliphatic carbocycles. The molecule has 1 aromatic heterocycles. The van der Waals surface area contributed by atoms with Crippen molar-refractivity contribution in [3.63, 3.8) is 0 Å². The minimum atomic E-state index is -0.223. The molecule has 0 saturated heterocycles. The van der Waals surface area contributed by atoms with Crippen LogP contribution in [0.4, 0.5) is 9.93 Å². The van der Waals surface area contributed by atoms with Crippen LogP contribution in [0, 0.1) is 6.92 Å². The summed E-state index contributed by atoms with van der Waals surface area (Å²) in [5.74, 6) is 0. The van der Waals surface area contributed by atoms with E-state index < -0.39 is 0 Å². The number of amides is 2. The van der Waals surface area contributed by atoms with Gasteiger partial charge in [0.1, 0.15) is 0 Å². The molecule has 2 rings (SSSR count). The van der Waals surface area contributed by atoms with Gasteiger partial charge in [0.25, 0.3) is 0 Å². The second-order valence-electron chi connectivity index (χ2n) is 5.71. The average Bonchev–Trinajstić information content (AvgIpc) is 2.78. The third kappa shape index (κ3) is 3.49. The Morgan fingerprint density at radius 3 is 2.85 bits per heavy atom. The number of hydrogen-bond donors (Lipinski definition) is 2. The van der Waals surface area contributed by atoms with E-state index in [2.05, 4.69) is 22.5 Å². The van der Waals surface area contributed by atoms with Crippen molar-refractivity contribution in [1.82, 2.24) is 10.3 Å². The van der Waals surface area contributed by atoms with Gasteiger partial charge in [0, 0.05) is 11.3 Å². The Hall–Kier alpha value is -1.14. The third-order valence-corrected chi connectivity index (χ3v) is 4.37. The van der Waals surface area contributed by atoms with Crippen LogP contribution in [0.25, 0.3) is 0 Å². The van der Waals surface area contributed by atoms with E-state index in [-0.39, 0.29) is 23.8 Å². The maximum absolute atomic E-state index is 11.9. The first kappa shape index (κ1) is 15.3. The Morgan fingerprint density at radius 1 is 1.60 bits per heavy atom. The molecule has 1 heterocycles. The van der Waals surface area contributed by atoms with Crippen LogP contribution in [0.3, 0.4) is 0 Å². The van der Waals surface area contributed by atoms with Crippen LogP contribution in [-0.2, 0) is 11.2 Å². The Balaban J connectivity index is 1.85. The van der Waals surface area contributed by atoms with Crippen LogP contribution in [0.1, 0.15) is 44.7 Å². The van der Waals surface area contributed by atoms with E-state index in [0.29, 0.717) is 5.13 Å². The molecule has 2 amide bonds. The molecule has 5 nitrogen and oxygen atoms in total. The Labute approximate surface area is 124 Å². The highest BCUT2D eigenvalue weighted by Crippen LogP contribution is 2.40. The van der Waals surface area contributed by atoms with Crippen molar-refractivity contribution in [1.29, 1.82) is 0 Å². The molecular formula is C14H23N3O2S. The molecule has 1 aromatic rings. The third-order valence-electron chi connectivity index (χ3n) is 3.44. The van der Waals surface area contributed by atoms with Crippen LogP contribution < -0.4 is 10.6 Å². The van der Waals surface area contributed by atoms with Gasteiger partial charge in [0.15, 0.2) is 5.13 Å². The van der Waals surface area contributed by atoms with Gasteiger partial charge in [-0.15, -0.1) is 11.3 Å². The van der Waals surface area contributed by atoms with E-state index in [0.717, 1.165) is 23.4 Å². The summed E-state index contributed by atoms with van der Waals surface area (Å²) in [4.78, 5) is 17.5. The second kappa shape index (κ2) is 5.69. The number of nitrogens with one attached hydrogen (secondary N) is 2. The number of anilines is 1. The lowest BCUT2D eigenvalue weighted by atomic mass is 10.3. The highest BCUT2D eigenvalue weighted by Gasteiger charge is 2.53. The van der Waals surface area contributed by atoms with Crippen molar-refractivity contribution >= 4 is 22.5 Å². The predicted octanol–water partition coefficient (Wildman–Crippen LogP) is 3.09. The van der Waals surface area contributed by atoms with Crippen molar-refractivity contribution in [3.8, 4) is 0 Å². The van der Waals surface area contributed by atoms with E-state index in [1.807, 2.05) is 27.7 Å².